The summed E-state index contributed by atoms with van der Waals surface area (Å²) in [6.07, 6.45) is 11.2. The Morgan fingerprint density at radius 1 is 1.44 bits per heavy atom. The second-order valence-electron chi connectivity index (χ2n) is 6.16. The lowest BCUT2D eigenvalue weighted by Crippen LogP contribution is -2.35. The van der Waals surface area contributed by atoms with Crippen molar-refractivity contribution < 1.29 is 4.79 Å². The Hall–Kier alpha value is -0.370. The number of rotatable bonds is 3. The first-order chi connectivity index (χ1) is 8.63. The molecule has 0 bridgehead atoms. The smallest absolute Gasteiger partial charge is 0.142 e. The Balaban J connectivity index is 2.20. The van der Waals surface area contributed by atoms with Gasteiger partial charge in [0.1, 0.15) is 6.29 Å². The standard InChI is InChI=1S/C16H23BrO/c1-12(5-4-10-18)14-7-8-15-13(11-17)6-3-9-16(14,15)2/h4-5,10-12,14-15H,3,6-9H2,1-2H3/t12-,14-,15+,16-/m1/s1. The Kier molecular flexibility index (Phi) is 4.47. The number of fused-ring (bicyclic) bond motifs is 1. The van der Waals surface area contributed by atoms with Crippen LogP contribution in [0.3, 0.4) is 0 Å². The molecule has 1 nitrogen and oxygen atoms in total. The number of allylic oxidation sites excluding steroid dienone is 3. The van der Waals surface area contributed by atoms with Crippen LogP contribution in [-0.4, -0.2) is 6.29 Å². The molecule has 2 saturated carbocycles. The maximum absolute atomic E-state index is 10.5. The molecule has 0 aliphatic heterocycles. The van der Waals surface area contributed by atoms with Crippen molar-refractivity contribution in [2.75, 3.05) is 0 Å². The molecule has 0 aromatic carbocycles. The summed E-state index contributed by atoms with van der Waals surface area (Å²) >= 11 is 3.55. The summed E-state index contributed by atoms with van der Waals surface area (Å²) in [5, 5.41) is 0. The summed E-state index contributed by atoms with van der Waals surface area (Å²) in [4.78, 5) is 12.7. The van der Waals surface area contributed by atoms with Crippen molar-refractivity contribution in [3.05, 3.63) is 22.7 Å². The highest BCUT2D eigenvalue weighted by atomic mass is 79.9. The van der Waals surface area contributed by atoms with Crippen molar-refractivity contribution in [2.24, 2.45) is 23.2 Å². The first-order valence-electron chi connectivity index (χ1n) is 7.04. The number of halogens is 1. The van der Waals surface area contributed by atoms with E-state index < -0.39 is 0 Å². The SMILES string of the molecule is C[C@H](C=CC=O)[C@H]1CC[C@H]2C(=CBr)CCC[C@]12C. The molecule has 0 N–H and O–H groups in total. The van der Waals surface area contributed by atoms with Crippen LogP contribution in [0.2, 0.25) is 0 Å². The van der Waals surface area contributed by atoms with E-state index in [1.807, 2.05) is 0 Å². The third-order valence-electron chi connectivity index (χ3n) is 5.31. The fourth-order valence-electron chi connectivity index (χ4n) is 4.43. The van der Waals surface area contributed by atoms with Gasteiger partial charge in [0.2, 0.25) is 0 Å². The maximum Gasteiger partial charge on any atom is 0.142 e. The average molecular weight is 311 g/mol. The van der Waals surface area contributed by atoms with Crippen LogP contribution in [0.1, 0.15) is 46.0 Å². The van der Waals surface area contributed by atoms with Crippen molar-refractivity contribution in [2.45, 2.75) is 46.0 Å². The second kappa shape index (κ2) is 5.73. The van der Waals surface area contributed by atoms with Crippen LogP contribution in [0.5, 0.6) is 0 Å². The summed E-state index contributed by atoms with van der Waals surface area (Å²) in [6.45, 7) is 4.74. The first-order valence-corrected chi connectivity index (χ1v) is 7.96. The molecule has 2 aliphatic carbocycles. The maximum atomic E-state index is 10.5. The van der Waals surface area contributed by atoms with Gasteiger partial charge < -0.3 is 0 Å². The van der Waals surface area contributed by atoms with Gasteiger partial charge in [-0.2, -0.15) is 0 Å². The Morgan fingerprint density at radius 2 is 2.22 bits per heavy atom. The van der Waals surface area contributed by atoms with E-state index in [4.69, 9.17) is 0 Å². The molecule has 0 aromatic rings. The fourth-order valence-corrected chi connectivity index (χ4v) is 4.98. The predicted molar refractivity (Wildman–Crippen MR) is 79.6 cm³/mol. The summed E-state index contributed by atoms with van der Waals surface area (Å²) in [6, 6.07) is 0. The number of carbonyl (C=O) groups excluding carboxylic acids is 1. The summed E-state index contributed by atoms with van der Waals surface area (Å²) in [7, 11) is 0. The van der Waals surface area contributed by atoms with E-state index in [2.05, 4.69) is 40.8 Å². The van der Waals surface area contributed by atoms with Crippen molar-refractivity contribution in [3.63, 3.8) is 0 Å². The minimum absolute atomic E-state index is 0.435. The summed E-state index contributed by atoms with van der Waals surface area (Å²) in [5.74, 6) is 1.99. The Labute approximate surface area is 119 Å². The van der Waals surface area contributed by atoms with E-state index in [0.29, 0.717) is 11.3 Å². The number of carbonyl (C=O) groups is 1. The monoisotopic (exact) mass is 310 g/mol. The second-order valence-corrected chi connectivity index (χ2v) is 6.62. The first kappa shape index (κ1) is 14.0. The molecule has 4 atom stereocenters. The number of hydrogen-bond donors (Lipinski definition) is 0. The van der Waals surface area contributed by atoms with Crippen LogP contribution in [0.4, 0.5) is 0 Å². The Bertz CT molecular complexity index is 371. The predicted octanol–water partition coefficient (Wildman–Crippen LogP) is 4.87. The van der Waals surface area contributed by atoms with Gasteiger partial charge in [-0.05, 0) is 66.3 Å². The van der Waals surface area contributed by atoms with E-state index in [0.717, 1.165) is 18.1 Å². The molecule has 18 heavy (non-hydrogen) atoms. The van der Waals surface area contributed by atoms with E-state index in [1.54, 1.807) is 11.6 Å². The van der Waals surface area contributed by atoms with Crippen LogP contribution >= 0.6 is 15.9 Å². The molecule has 0 saturated heterocycles. The lowest BCUT2D eigenvalue weighted by atomic mass is 9.61. The number of aldehydes is 1. The fraction of sp³-hybridized carbons (Fsp3) is 0.688. The van der Waals surface area contributed by atoms with Gasteiger partial charge in [-0.25, -0.2) is 0 Å². The minimum atomic E-state index is 0.435. The highest BCUT2D eigenvalue weighted by Crippen LogP contribution is 2.59. The molecule has 0 amide bonds. The van der Waals surface area contributed by atoms with Gasteiger partial charge in [-0.15, -0.1) is 0 Å². The molecular formula is C16H23BrO. The normalized spacial score (nSPS) is 40.1. The third-order valence-corrected chi connectivity index (χ3v) is 5.89. The molecule has 2 heteroatoms. The highest BCUT2D eigenvalue weighted by Gasteiger charge is 2.50. The molecule has 2 fully saturated rings. The zero-order valence-corrected chi connectivity index (χ0v) is 12.9. The molecule has 0 aromatic heterocycles. The number of hydrogen-bond acceptors (Lipinski definition) is 1. The van der Waals surface area contributed by atoms with Crippen molar-refractivity contribution in [1.82, 2.24) is 0 Å². The van der Waals surface area contributed by atoms with Crippen LogP contribution in [0.15, 0.2) is 22.7 Å². The van der Waals surface area contributed by atoms with E-state index in [9.17, 15) is 4.79 Å². The zero-order valence-electron chi connectivity index (χ0n) is 11.4. The van der Waals surface area contributed by atoms with E-state index >= 15 is 0 Å². The summed E-state index contributed by atoms with van der Waals surface area (Å²) in [5.41, 5.74) is 2.04. The summed E-state index contributed by atoms with van der Waals surface area (Å²) < 4.78 is 0. The molecule has 0 radical (unpaired) electrons. The van der Waals surface area contributed by atoms with Gasteiger partial charge in [0.25, 0.3) is 0 Å². The van der Waals surface area contributed by atoms with Crippen LogP contribution < -0.4 is 0 Å². The molecule has 100 valence electrons. The quantitative estimate of drug-likeness (QED) is 0.536. The van der Waals surface area contributed by atoms with Crippen molar-refractivity contribution >= 4 is 22.2 Å². The minimum Gasteiger partial charge on any atom is -0.299 e. The van der Waals surface area contributed by atoms with Crippen LogP contribution in [0, 0.1) is 23.2 Å². The molecule has 2 aliphatic rings. The molecule has 0 unspecified atom stereocenters. The topological polar surface area (TPSA) is 17.1 Å². The molecule has 0 spiro atoms. The molecule has 0 heterocycles. The van der Waals surface area contributed by atoms with Crippen molar-refractivity contribution in [1.29, 1.82) is 0 Å². The molecule has 2 rings (SSSR count). The van der Waals surface area contributed by atoms with Crippen molar-refractivity contribution in [3.8, 4) is 0 Å². The van der Waals surface area contributed by atoms with Gasteiger partial charge >= 0.3 is 0 Å². The van der Waals surface area contributed by atoms with Gasteiger partial charge in [0, 0.05) is 0 Å². The van der Waals surface area contributed by atoms with Crippen LogP contribution in [0.25, 0.3) is 0 Å². The van der Waals surface area contributed by atoms with Gasteiger partial charge in [0.15, 0.2) is 0 Å². The lowest BCUT2D eigenvalue weighted by Gasteiger charge is -2.43. The van der Waals surface area contributed by atoms with Gasteiger partial charge in [0.05, 0.1) is 0 Å². The van der Waals surface area contributed by atoms with E-state index in [1.165, 1.54) is 32.1 Å². The van der Waals surface area contributed by atoms with Crippen LogP contribution in [-0.2, 0) is 4.79 Å². The van der Waals surface area contributed by atoms with Gasteiger partial charge in [-0.3, -0.25) is 4.79 Å². The molecular weight excluding hydrogens is 288 g/mol. The third kappa shape index (κ3) is 2.36. The highest BCUT2D eigenvalue weighted by molar-refractivity contribution is 9.11. The lowest BCUT2D eigenvalue weighted by molar-refractivity contribution is -0.104. The largest absolute Gasteiger partial charge is 0.299 e. The zero-order chi connectivity index (χ0) is 13.2. The van der Waals surface area contributed by atoms with Gasteiger partial charge in [-0.1, -0.05) is 41.4 Å². The average Bonchev–Trinajstić information content (AvgIpc) is 2.72. The Morgan fingerprint density at radius 3 is 2.89 bits per heavy atom. The van der Waals surface area contributed by atoms with E-state index in [-0.39, 0.29) is 0 Å².